The Labute approximate surface area is 112 Å². The van der Waals surface area contributed by atoms with Crippen molar-refractivity contribution in [1.82, 2.24) is 5.32 Å². The van der Waals surface area contributed by atoms with E-state index in [9.17, 15) is 0 Å². The highest BCUT2D eigenvalue weighted by molar-refractivity contribution is 5.85. The Kier molecular flexibility index (Phi) is 11.6. The monoisotopic (exact) mass is 255 g/mol. The van der Waals surface area contributed by atoms with E-state index in [1.54, 1.807) is 0 Å². The Morgan fingerprint density at radius 3 is 2.29 bits per heavy atom. The second-order valence-corrected chi connectivity index (χ2v) is 4.40. The van der Waals surface area contributed by atoms with Gasteiger partial charge in [-0.25, -0.2) is 0 Å². The summed E-state index contributed by atoms with van der Waals surface area (Å²) in [6.45, 7) is 4.55. The molecule has 0 amide bonds. The molecule has 1 nitrogen and oxygen atoms in total. The van der Waals surface area contributed by atoms with E-state index in [0.29, 0.717) is 0 Å². The maximum atomic E-state index is 3.51. The zero-order valence-electron chi connectivity index (χ0n) is 11.0. The van der Waals surface area contributed by atoms with E-state index in [0.717, 1.165) is 13.0 Å². The van der Waals surface area contributed by atoms with Gasteiger partial charge in [0.1, 0.15) is 0 Å². The minimum Gasteiger partial charge on any atom is -0.316 e. The smallest absolute Gasteiger partial charge is 0.000835 e. The van der Waals surface area contributed by atoms with E-state index in [2.05, 4.69) is 42.6 Å². The molecule has 0 aromatic heterocycles. The zero-order valence-corrected chi connectivity index (χ0v) is 11.8. The molecule has 1 rings (SSSR count). The van der Waals surface area contributed by atoms with Gasteiger partial charge in [0.2, 0.25) is 0 Å². The summed E-state index contributed by atoms with van der Waals surface area (Å²) in [7, 11) is 0. The molecule has 1 aromatic rings. The number of benzene rings is 1. The van der Waals surface area contributed by atoms with Crippen LogP contribution in [0.3, 0.4) is 0 Å². The van der Waals surface area contributed by atoms with Crippen molar-refractivity contribution < 1.29 is 0 Å². The van der Waals surface area contributed by atoms with Gasteiger partial charge in [-0.15, -0.1) is 12.4 Å². The minimum absolute atomic E-state index is 0. The van der Waals surface area contributed by atoms with Gasteiger partial charge < -0.3 is 5.32 Å². The van der Waals surface area contributed by atoms with Gasteiger partial charge in [0, 0.05) is 0 Å². The predicted octanol–water partition coefficient (Wildman–Crippen LogP) is 4.21. The number of hydrogen-bond acceptors (Lipinski definition) is 1. The molecule has 1 N–H and O–H groups in total. The lowest BCUT2D eigenvalue weighted by atomic mass is 10.1. The second kappa shape index (κ2) is 11.9. The van der Waals surface area contributed by atoms with Gasteiger partial charge in [-0.1, -0.05) is 62.9 Å². The van der Waals surface area contributed by atoms with Crippen molar-refractivity contribution in [2.24, 2.45) is 0 Å². The average molecular weight is 256 g/mol. The highest BCUT2D eigenvalue weighted by Gasteiger charge is 1.92. The van der Waals surface area contributed by atoms with Crippen LogP contribution in [-0.2, 0) is 6.42 Å². The summed E-state index contributed by atoms with van der Waals surface area (Å²) >= 11 is 0. The summed E-state index contributed by atoms with van der Waals surface area (Å²) in [6.07, 6.45) is 7.99. The Balaban J connectivity index is 0.00000256. The molecule has 0 aliphatic heterocycles. The largest absolute Gasteiger partial charge is 0.316 e. The van der Waals surface area contributed by atoms with E-state index in [1.165, 1.54) is 44.2 Å². The van der Waals surface area contributed by atoms with Gasteiger partial charge in [0.05, 0.1) is 0 Å². The maximum absolute atomic E-state index is 3.51. The van der Waals surface area contributed by atoms with Crippen LogP contribution in [0.4, 0.5) is 0 Å². The lowest BCUT2D eigenvalue weighted by Gasteiger charge is -2.04. The highest BCUT2D eigenvalue weighted by Crippen LogP contribution is 2.01. The molecule has 0 radical (unpaired) electrons. The van der Waals surface area contributed by atoms with Crippen molar-refractivity contribution in [3.8, 4) is 0 Å². The molecule has 0 spiro atoms. The fraction of sp³-hybridized carbons (Fsp3) is 0.600. The molecule has 0 heterocycles. The average Bonchev–Trinajstić information content (AvgIpc) is 2.34. The Morgan fingerprint density at radius 2 is 1.59 bits per heavy atom. The van der Waals surface area contributed by atoms with Crippen LogP contribution in [0.1, 0.15) is 44.6 Å². The van der Waals surface area contributed by atoms with Crippen LogP contribution in [0.2, 0.25) is 0 Å². The summed E-state index contributed by atoms with van der Waals surface area (Å²) in [6, 6.07) is 10.7. The Hall–Kier alpha value is -0.530. The predicted molar refractivity (Wildman–Crippen MR) is 79.0 cm³/mol. The topological polar surface area (TPSA) is 12.0 Å². The van der Waals surface area contributed by atoms with Gasteiger partial charge in [-0.2, -0.15) is 0 Å². The number of hydrogen-bond donors (Lipinski definition) is 1. The van der Waals surface area contributed by atoms with Crippen molar-refractivity contribution in [3.05, 3.63) is 35.9 Å². The normalized spacial score (nSPS) is 9.94. The third kappa shape index (κ3) is 9.20. The van der Waals surface area contributed by atoms with Crippen molar-refractivity contribution in [2.75, 3.05) is 13.1 Å². The van der Waals surface area contributed by atoms with Gasteiger partial charge in [0.25, 0.3) is 0 Å². The summed E-state index contributed by atoms with van der Waals surface area (Å²) in [5.41, 5.74) is 1.43. The molecule has 0 saturated carbocycles. The van der Waals surface area contributed by atoms with E-state index < -0.39 is 0 Å². The van der Waals surface area contributed by atoms with Crippen LogP contribution in [0.25, 0.3) is 0 Å². The molecule has 0 aliphatic carbocycles. The minimum atomic E-state index is 0. The highest BCUT2D eigenvalue weighted by atomic mass is 35.5. The van der Waals surface area contributed by atoms with E-state index in [-0.39, 0.29) is 12.4 Å². The van der Waals surface area contributed by atoms with Crippen LogP contribution in [0.5, 0.6) is 0 Å². The lowest BCUT2D eigenvalue weighted by molar-refractivity contribution is 0.584. The molecule has 0 saturated heterocycles. The molecular formula is C15H26ClN. The van der Waals surface area contributed by atoms with Crippen molar-refractivity contribution >= 4 is 12.4 Å². The summed E-state index contributed by atoms with van der Waals surface area (Å²) in [4.78, 5) is 0. The first-order chi connectivity index (χ1) is 7.93. The van der Waals surface area contributed by atoms with Crippen molar-refractivity contribution in [2.45, 2.75) is 45.4 Å². The molecule has 98 valence electrons. The first-order valence-corrected chi connectivity index (χ1v) is 6.68. The third-order valence-electron chi connectivity index (χ3n) is 2.89. The van der Waals surface area contributed by atoms with Crippen LogP contribution < -0.4 is 5.32 Å². The van der Waals surface area contributed by atoms with Crippen LogP contribution in [-0.4, -0.2) is 13.1 Å². The first kappa shape index (κ1) is 16.5. The van der Waals surface area contributed by atoms with Crippen LogP contribution in [0, 0.1) is 0 Å². The number of nitrogens with one attached hydrogen (secondary N) is 1. The molecular weight excluding hydrogens is 230 g/mol. The van der Waals surface area contributed by atoms with E-state index in [4.69, 9.17) is 0 Å². The molecule has 0 aliphatic rings. The molecule has 0 fully saturated rings. The maximum Gasteiger partial charge on any atom is -0.000835 e. The van der Waals surface area contributed by atoms with Crippen molar-refractivity contribution in [1.29, 1.82) is 0 Å². The molecule has 1 aromatic carbocycles. The third-order valence-corrected chi connectivity index (χ3v) is 2.89. The summed E-state index contributed by atoms with van der Waals surface area (Å²) < 4.78 is 0. The summed E-state index contributed by atoms with van der Waals surface area (Å²) in [5, 5.41) is 3.51. The fourth-order valence-corrected chi connectivity index (χ4v) is 1.86. The Bertz CT molecular complexity index is 248. The SMILES string of the molecule is CCCCCCCNCCc1ccccc1.Cl. The Morgan fingerprint density at radius 1 is 0.882 bits per heavy atom. The van der Waals surface area contributed by atoms with Crippen LogP contribution >= 0.6 is 12.4 Å². The molecule has 0 atom stereocenters. The number of rotatable bonds is 9. The molecule has 17 heavy (non-hydrogen) atoms. The molecule has 2 heteroatoms. The van der Waals surface area contributed by atoms with Crippen molar-refractivity contribution in [3.63, 3.8) is 0 Å². The second-order valence-electron chi connectivity index (χ2n) is 4.40. The lowest BCUT2D eigenvalue weighted by Crippen LogP contribution is -2.18. The molecule has 0 bridgehead atoms. The zero-order chi connectivity index (χ0) is 11.5. The first-order valence-electron chi connectivity index (χ1n) is 6.68. The van der Waals surface area contributed by atoms with Gasteiger partial charge in [0.15, 0.2) is 0 Å². The van der Waals surface area contributed by atoms with Gasteiger partial charge >= 0.3 is 0 Å². The number of halogens is 1. The van der Waals surface area contributed by atoms with Gasteiger partial charge in [-0.05, 0) is 31.5 Å². The summed E-state index contributed by atoms with van der Waals surface area (Å²) in [5.74, 6) is 0. The molecule has 0 unspecified atom stereocenters. The fourth-order valence-electron chi connectivity index (χ4n) is 1.86. The quantitative estimate of drug-likeness (QED) is 0.652. The van der Waals surface area contributed by atoms with E-state index in [1.807, 2.05) is 0 Å². The number of unbranched alkanes of at least 4 members (excludes halogenated alkanes) is 4. The van der Waals surface area contributed by atoms with E-state index >= 15 is 0 Å². The van der Waals surface area contributed by atoms with Crippen LogP contribution in [0.15, 0.2) is 30.3 Å². The van der Waals surface area contributed by atoms with Gasteiger partial charge in [-0.3, -0.25) is 0 Å². The standard InChI is InChI=1S/C15H25N.ClH/c1-2-3-4-5-9-13-16-14-12-15-10-7-6-8-11-15;/h6-8,10-11,16H,2-5,9,12-14H2,1H3;1H.